The number of amides is 2. The van der Waals surface area contributed by atoms with Gasteiger partial charge in [0.05, 0.1) is 22.9 Å². The summed E-state index contributed by atoms with van der Waals surface area (Å²) < 4.78 is 49.2. The molecule has 0 saturated carbocycles. The number of carbonyl (C=O) groups excluding carboxylic acids is 2. The fourth-order valence-corrected chi connectivity index (χ4v) is 5.93. The van der Waals surface area contributed by atoms with E-state index in [-0.39, 0.29) is 29.7 Å². The van der Waals surface area contributed by atoms with Crippen LogP contribution in [0.4, 0.5) is 13.2 Å². The summed E-state index contributed by atoms with van der Waals surface area (Å²) in [4.78, 5) is 38.6. The number of aryl methyl sites for hydroxylation is 1. The van der Waals surface area contributed by atoms with Crippen LogP contribution in [0.2, 0.25) is 0 Å². The lowest BCUT2D eigenvalue weighted by atomic mass is 10.0. The first kappa shape index (κ1) is 31.3. The van der Waals surface area contributed by atoms with Crippen molar-refractivity contribution in [3.05, 3.63) is 83.9 Å². The molecule has 0 spiro atoms. The van der Waals surface area contributed by atoms with E-state index in [0.717, 1.165) is 48.3 Å². The quantitative estimate of drug-likeness (QED) is 0.292. The van der Waals surface area contributed by atoms with Gasteiger partial charge >= 0.3 is 6.36 Å². The third-order valence-corrected chi connectivity index (χ3v) is 8.46. The average molecular weight is 637 g/mol. The highest BCUT2D eigenvalue weighted by Gasteiger charge is 2.31. The van der Waals surface area contributed by atoms with E-state index >= 15 is 0 Å². The molecule has 0 aliphatic carbocycles. The number of imidazole rings is 1. The van der Waals surface area contributed by atoms with Crippen LogP contribution in [0.1, 0.15) is 52.1 Å². The lowest BCUT2D eigenvalue weighted by Crippen LogP contribution is -2.44. The molecule has 0 radical (unpaired) electrons. The number of piperidine rings is 2. The van der Waals surface area contributed by atoms with Gasteiger partial charge in [-0.25, -0.2) is 4.98 Å². The predicted octanol–water partition coefficient (Wildman–Crippen LogP) is 4.94. The fraction of sp³-hybridized carbons (Fsp3) is 0.394. The zero-order valence-electron chi connectivity index (χ0n) is 25.4. The van der Waals surface area contributed by atoms with Crippen LogP contribution in [0.15, 0.2) is 67.1 Å². The number of hydrogen-bond donors (Lipinski definition) is 1. The van der Waals surface area contributed by atoms with Crippen LogP contribution in [0.25, 0.3) is 11.0 Å². The molecule has 46 heavy (non-hydrogen) atoms. The maximum Gasteiger partial charge on any atom is 0.573 e. The average Bonchev–Trinajstić information content (AvgIpc) is 3.42. The molecule has 1 N–H and O–H groups in total. The van der Waals surface area contributed by atoms with Crippen LogP contribution in [-0.4, -0.2) is 80.8 Å². The van der Waals surface area contributed by atoms with E-state index in [2.05, 4.69) is 24.9 Å². The first-order valence-corrected chi connectivity index (χ1v) is 15.3. The minimum absolute atomic E-state index is 0.00407. The fourth-order valence-electron chi connectivity index (χ4n) is 5.93. The van der Waals surface area contributed by atoms with E-state index in [9.17, 15) is 22.8 Å². The largest absolute Gasteiger partial charge is 0.573 e. The highest BCUT2D eigenvalue weighted by atomic mass is 19.4. The Morgan fingerprint density at radius 2 is 1.63 bits per heavy atom. The minimum atomic E-state index is -4.71. The smallest absolute Gasteiger partial charge is 0.490 e. The molecule has 2 amide bonds. The van der Waals surface area contributed by atoms with Crippen LogP contribution in [0.3, 0.4) is 0 Å². The van der Waals surface area contributed by atoms with E-state index in [0.29, 0.717) is 43.7 Å². The Kier molecular flexibility index (Phi) is 9.11. The second kappa shape index (κ2) is 13.4. The number of alkyl halides is 3. The van der Waals surface area contributed by atoms with Crippen molar-refractivity contribution in [1.29, 1.82) is 0 Å². The molecule has 6 rings (SSSR count). The zero-order valence-corrected chi connectivity index (χ0v) is 25.4. The van der Waals surface area contributed by atoms with Gasteiger partial charge < -0.3 is 24.3 Å². The maximum atomic E-state index is 13.1. The van der Waals surface area contributed by atoms with Gasteiger partial charge in [-0.05, 0) is 54.8 Å². The Bertz CT molecular complexity index is 1660. The lowest BCUT2D eigenvalue weighted by molar-refractivity contribution is -0.274. The van der Waals surface area contributed by atoms with Gasteiger partial charge in [-0.2, -0.15) is 0 Å². The normalized spacial score (nSPS) is 16.8. The van der Waals surface area contributed by atoms with E-state index in [1.54, 1.807) is 35.5 Å². The van der Waals surface area contributed by atoms with E-state index in [1.807, 2.05) is 29.8 Å². The Balaban J connectivity index is 0.926. The molecule has 2 aliphatic rings. The van der Waals surface area contributed by atoms with E-state index in [1.165, 1.54) is 18.3 Å². The third-order valence-electron chi connectivity index (χ3n) is 8.46. The molecule has 4 heterocycles. The van der Waals surface area contributed by atoms with Crippen LogP contribution in [-0.2, 0) is 13.6 Å². The number of pyridine rings is 1. The molecule has 2 saturated heterocycles. The number of carbonyl (C=O) groups is 2. The van der Waals surface area contributed by atoms with Gasteiger partial charge in [0.2, 0.25) is 0 Å². The van der Waals surface area contributed by atoms with Crippen molar-refractivity contribution in [3.8, 4) is 11.5 Å². The summed E-state index contributed by atoms with van der Waals surface area (Å²) in [6, 6.07) is 14.9. The summed E-state index contributed by atoms with van der Waals surface area (Å²) in [5.41, 5.74) is 3.48. The Labute approximate surface area is 264 Å². The van der Waals surface area contributed by atoms with Gasteiger partial charge in [-0.1, -0.05) is 12.1 Å². The van der Waals surface area contributed by atoms with Crippen LogP contribution >= 0.6 is 0 Å². The van der Waals surface area contributed by atoms with E-state index < -0.39 is 6.36 Å². The number of benzene rings is 2. The summed E-state index contributed by atoms with van der Waals surface area (Å²) in [5, 5.41) is 3.05. The zero-order chi connectivity index (χ0) is 32.3. The van der Waals surface area contributed by atoms with Crippen LogP contribution < -0.4 is 14.8 Å². The van der Waals surface area contributed by atoms with Gasteiger partial charge in [-0.3, -0.25) is 19.5 Å². The van der Waals surface area contributed by atoms with Gasteiger partial charge in [0.1, 0.15) is 23.3 Å². The number of nitrogens with zero attached hydrogens (tertiary/aromatic N) is 5. The molecular weight excluding hydrogens is 601 g/mol. The second-order valence-electron chi connectivity index (χ2n) is 11.8. The van der Waals surface area contributed by atoms with Crippen molar-refractivity contribution in [2.24, 2.45) is 7.05 Å². The molecule has 2 aliphatic heterocycles. The molecule has 2 fully saturated rings. The lowest BCUT2D eigenvalue weighted by Gasteiger charge is -2.32. The number of hydrogen-bond acceptors (Lipinski definition) is 7. The van der Waals surface area contributed by atoms with Crippen LogP contribution in [0.5, 0.6) is 11.5 Å². The number of halogens is 3. The molecule has 13 heteroatoms. The Morgan fingerprint density at radius 1 is 0.913 bits per heavy atom. The van der Waals surface area contributed by atoms with Crippen molar-refractivity contribution in [2.75, 3.05) is 26.2 Å². The van der Waals surface area contributed by atoms with Crippen molar-refractivity contribution in [1.82, 2.24) is 29.7 Å². The van der Waals surface area contributed by atoms with Gasteiger partial charge in [0.15, 0.2) is 0 Å². The first-order valence-electron chi connectivity index (χ1n) is 15.3. The number of ether oxygens (including phenoxy) is 2. The number of nitrogens with one attached hydrogen (secondary N) is 1. The summed E-state index contributed by atoms with van der Waals surface area (Å²) in [7, 11) is 1.95. The van der Waals surface area contributed by atoms with Crippen molar-refractivity contribution >= 4 is 22.8 Å². The second-order valence-corrected chi connectivity index (χ2v) is 11.8. The molecule has 2 aromatic heterocycles. The first-order chi connectivity index (χ1) is 22.1. The standard InChI is InChI=1S/C33H35F3N6O4/c1-40-21-38-29-18-27(7-9-30(29)40)45-25-12-16-42(17-13-25)32(44)28-8-4-23(19-37-28)31(43)39-24-10-14-41(15-11-24)20-22-2-5-26(6-3-22)46-33(34,35)36/h2-9,18-19,21,24-25H,10-17,20H2,1H3,(H,39,43). The summed E-state index contributed by atoms with van der Waals surface area (Å²) >= 11 is 0. The monoisotopic (exact) mass is 636 g/mol. The summed E-state index contributed by atoms with van der Waals surface area (Å²) in [5.74, 6) is 0.109. The predicted molar refractivity (Wildman–Crippen MR) is 163 cm³/mol. The summed E-state index contributed by atoms with van der Waals surface area (Å²) in [6.45, 7) is 3.17. The topological polar surface area (TPSA) is 102 Å². The van der Waals surface area contributed by atoms with Gasteiger partial charge in [0.25, 0.3) is 11.8 Å². The molecule has 4 aromatic rings. The number of fused-ring (bicyclic) bond motifs is 1. The van der Waals surface area contributed by atoms with Crippen molar-refractivity contribution < 1.29 is 32.2 Å². The van der Waals surface area contributed by atoms with Gasteiger partial charge in [-0.15, -0.1) is 13.2 Å². The summed E-state index contributed by atoms with van der Waals surface area (Å²) in [6.07, 6.45) is 1.38. The highest BCUT2D eigenvalue weighted by Crippen LogP contribution is 2.25. The number of aromatic nitrogens is 3. The van der Waals surface area contributed by atoms with Crippen molar-refractivity contribution in [2.45, 2.75) is 50.7 Å². The molecule has 10 nitrogen and oxygen atoms in total. The Morgan fingerprint density at radius 3 is 2.30 bits per heavy atom. The molecule has 0 atom stereocenters. The molecule has 0 bridgehead atoms. The highest BCUT2D eigenvalue weighted by molar-refractivity contribution is 5.96. The number of rotatable bonds is 8. The molecule has 0 unspecified atom stereocenters. The minimum Gasteiger partial charge on any atom is -0.490 e. The van der Waals surface area contributed by atoms with E-state index in [4.69, 9.17) is 4.74 Å². The van der Waals surface area contributed by atoms with Crippen molar-refractivity contribution in [3.63, 3.8) is 0 Å². The third kappa shape index (κ3) is 7.76. The number of likely N-dealkylation sites (tertiary alicyclic amines) is 2. The van der Waals surface area contributed by atoms with Gasteiger partial charge in [0, 0.05) is 70.9 Å². The maximum absolute atomic E-state index is 13.1. The Hall–Kier alpha value is -4.65. The molecule has 242 valence electrons. The SMILES string of the molecule is Cn1cnc2cc(OC3CCN(C(=O)c4ccc(C(=O)NC5CCN(Cc6ccc(OC(F)(F)F)cc6)CC5)cn4)CC3)ccc21. The molecule has 2 aromatic carbocycles. The van der Waals surface area contributed by atoms with Crippen LogP contribution in [0, 0.1) is 0 Å². The molecular formula is C33H35F3N6O4.